The molecular formula is C17H27N. The zero-order chi connectivity index (χ0) is 12.8. The van der Waals surface area contributed by atoms with Crippen LogP contribution in [0.25, 0.3) is 0 Å². The molecule has 0 radical (unpaired) electrons. The van der Waals surface area contributed by atoms with Gasteiger partial charge in [-0.25, -0.2) is 0 Å². The average molecular weight is 245 g/mol. The number of benzene rings is 1. The quantitative estimate of drug-likeness (QED) is 0.816. The summed E-state index contributed by atoms with van der Waals surface area (Å²) in [7, 11) is 0. The Balaban J connectivity index is 2.22. The van der Waals surface area contributed by atoms with Crippen molar-refractivity contribution in [3.05, 3.63) is 35.9 Å². The normalized spacial score (nSPS) is 20.6. The highest BCUT2D eigenvalue weighted by molar-refractivity contribution is 5.28. The summed E-state index contributed by atoms with van der Waals surface area (Å²) in [6.45, 7) is 5.76. The van der Waals surface area contributed by atoms with Crippen LogP contribution in [0.1, 0.15) is 57.9 Å². The van der Waals surface area contributed by atoms with Gasteiger partial charge in [0.05, 0.1) is 0 Å². The van der Waals surface area contributed by atoms with Crippen LogP contribution in [0, 0.1) is 0 Å². The fourth-order valence-corrected chi connectivity index (χ4v) is 3.48. The van der Waals surface area contributed by atoms with E-state index in [0.29, 0.717) is 11.5 Å². The van der Waals surface area contributed by atoms with E-state index >= 15 is 0 Å². The minimum atomic E-state index is 0.370. The van der Waals surface area contributed by atoms with Crippen molar-refractivity contribution in [3.8, 4) is 0 Å². The van der Waals surface area contributed by atoms with Gasteiger partial charge in [-0.15, -0.1) is 0 Å². The number of nitrogens with one attached hydrogen (secondary N) is 1. The van der Waals surface area contributed by atoms with Gasteiger partial charge in [0.2, 0.25) is 0 Å². The van der Waals surface area contributed by atoms with Crippen LogP contribution in [0.5, 0.6) is 0 Å². The van der Waals surface area contributed by atoms with Gasteiger partial charge in [-0.3, -0.25) is 0 Å². The van der Waals surface area contributed by atoms with Gasteiger partial charge in [-0.05, 0) is 38.3 Å². The molecule has 0 spiro atoms. The van der Waals surface area contributed by atoms with Gasteiger partial charge in [0.15, 0.2) is 0 Å². The van der Waals surface area contributed by atoms with Crippen molar-refractivity contribution in [1.82, 2.24) is 5.32 Å². The van der Waals surface area contributed by atoms with E-state index in [0.717, 1.165) is 6.54 Å². The first-order chi connectivity index (χ1) is 8.79. The van der Waals surface area contributed by atoms with Crippen molar-refractivity contribution in [2.75, 3.05) is 6.54 Å². The lowest BCUT2D eigenvalue weighted by atomic mass is 9.65. The summed E-state index contributed by atoms with van der Waals surface area (Å²) in [6.07, 6.45) is 8.08. The van der Waals surface area contributed by atoms with Gasteiger partial charge in [-0.2, -0.15) is 0 Å². The van der Waals surface area contributed by atoms with Crippen molar-refractivity contribution in [3.63, 3.8) is 0 Å². The van der Waals surface area contributed by atoms with E-state index in [2.05, 4.69) is 49.5 Å². The minimum Gasteiger partial charge on any atom is -0.313 e. The van der Waals surface area contributed by atoms with Crippen LogP contribution in [-0.4, -0.2) is 12.6 Å². The zero-order valence-corrected chi connectivity index (χ0v) is 11.9. The molecule has 0 aliphatic heterocycles. The Bertz CT molecular complexity index is 338. The van der Waals surface area contributed by atoms with Gasteiger partial charge < -0.3 is 5.32 Å². The molecule has 1 aliphatic carbocycles. The van der Waals surface area contributed by atoms with E-state index in [9.17, 15) is 0 Å². The topological polar surface area (TPSA) is 12.0 Å². The average Bonchev–Trinajstić information content (AvgIpc) is 2.46. The lowest BCUT2D eigenvalue weighted by Crippen LogP contribution is -2.48. The molecule has 1 heteroatoms. The molecule has 1 saturated carbocycles. The maximum atomic E-state index is 3.74. The first-order valence-electron chi connectivity index (χ1n) is 7.58. The highest BCUT2D eigenvalue weighted by Crippen LogP contribution is 2.42. The van der Waals surface area contributed by atoms with Crippen LogP contribution in [0.4, 0.5) is 0 Å². The molecule has 1 unspecified atom stereocenters. The molecule has 0 heterocycles. The highest BCUT2D eigenvalue weighted by atomic mass is 14.9. The predicted octanol–water partition coefficient (Wildman–Crippen LogP) is 4.28. The summed E-state index contributed by atoms with van der Waals surface area (Å²) in [5.74, 6) is 0. The molecule has 0 bridgehead atoms. The lowest BCUT2D eigenvalue weighted by molar-refractivity contribution is 0.224. The molecule has 1 atom stereocenters. The van der Waals surface area contributed by atoms with Crippen molar-refractivity contribution in [1.29, 1.82) is 0 Å². The van der Waals surface area contributed by atoms with Crippen molar-refractivity contribution in [2.24, 2.45) is 0 Å². The maximum absolute atomic E-state index is 3.74. The molecule has 1 aliphatic rings. The molecule has 1 aromatic rings. The van der Waals surface area contributed by atoms with Gasteiger partial charge >= 0.3 is 0 Å². The number of hydrogen-bond donors (Lipinski definition) is 1. The molecule has 2 rings (SSSR count). The summed E-state index contributed by atoms with van der Waals surface area (Å²) in [6, 6.07) is 11.8. The summed E-state index contributed by atoms with van der Waals surface area (Å²) in [5, 5.41) is 3.74. The van der Waals surface area contributed by atoms with Crippen LogP contribution in [0.3, 0.4) is 0 Å². The third-order valence-corrected chi connectivity index (χ3v) is 4.62. The monoisotopic (exact) mass is 245 g/mol. The van der Waals surface area contributed by atoms with E-state index in [1.165, 1.54) is 38.5 Å². The van der Waals surface area contributed by atoms with Crippen molar-refractivity contribution in [2.45, 2.75) is 63.8 Å². The van der Waals surface area contributed by atoms with E-state index in [4.69, 9.17) is 0 Å². The van der Waals surface area contributed by atoms with Gasteiger partial charge in [-0.1, -0.05) is 56.5 Å². The largest absolute Gasteiger partial charge is 0.313 e. The molecule has 1 aromatic carbocycles. The Kier molecular flexibility index (Phi) is 4.82. The summed E-state index contributed by atoms with van der Waals surface area (Å²) in [4.78, 5) is 0. The van der Waals surface area contributed by atoms with Crippen LogP contribution < -0.4 is 5.32 Å². The molecule has 1 nitrogen and oxygen atoms in total. The van der Waals surface area contributed by atoms with E-state index in [-0.39, 0.29) is 0 Å². The van der Waals surface area contributed by atoms with Gasteiger partial charge in [0, 0.05) is 11.5 Å². The Morgan fingerprint density at radius 3 is 2.39 bits per heavy atom. The first kappa shape index (κ1) is 13.6. The second-order valence-corrected chi connectivity index (χ2v) is 5.76. The van der Waals surface area contributed by atoms with E-state index < -0.39 is 0 Å². The molecule has 18 heavy (non-hydrogen) atoms. The van der Waals surface area contributed by atoms with Crippen molar-refractivity contribution >= 4 is 0 Å². The molecule has 0 aromatic heterocycles. The lowest BCUT2D eigenvalue weighted by Gasteiger charge is -2.43. The third kappa shape index (κ3) is 2.77. The van der Waals surface area contributed by atoms with Crippen LogP contribution in [0.15, 0.2) is 30.3 Å². The Labute approximate surface area is 112 Å². The summed E-state index contributed by atoms with van der Waals surface area (Å²) >= 11 is 0. The number of rotatable bonds is 5. The Morgan fingerprint density at radius 2 is 1.78 bits per heavy atom. The smallest absolute Gasteiger partial charge is 0.0136 e. The molecule has 1 N–H and O–H groups in total. The molecule has 0 saturated heterocycles. The Hall–Kier alpha value is -0.820. The van der Waals surface area contributed by atoms with E-state index in [1.807, 2.05) is 0 Å². The summed E-state index contributed by atoms with van der Waals surface area (Å²) < 4.78 is 0. The number of hydrogen-bond acceptors (Lipinski definition) is 1. The van der Waals surface area contributed by atoms with Crippen LogP contribution in [-0.2, 0) is 5.41 Å². The second kappa shape index (κ2) is 6.38. The summed E-state index contributed by atoms with van der Waals surface area (Å²) in [5.41, 5.74) is 1.91. The molecule has 0 amide bonds. The zero-order valence-electron chi connectivity index (χ0n) is 11.9. The first-order valence-corrected chi connectivity index (χ1v) is 7.58. The van der Waals surface area contributed by atoms with Gasteiger partial charge in [0.25, 0.3) is 0 Å². The molecular weight excluding hydrogens is 218 g/mol. The molecule has 100 valence electrons. The maximum Gasteiger partial charge on any atom is 0.0136 e. The minimum absolute atomic E-state index is 0.370. The second-order valence-electron chi connectivity index (χ2n) is 5.76. The Morgan fingerprint density at radius 1 is 1.11 bits per heavy atom. The highest BCUT2D eigenvalue weighted by Gasteiger charge is 2.38. The fourth-order valence-electron chi connectivity index (χ4n) is 3.48. The van der Waals surface area contributed by atoms with Gasteiger partial charge in [0.1, 0.15) is 0 Å². The predicted molar refractivity (Wildman–Crippen MR) is 79.0 cm³/mol. The molecule has 1 fully saturated rings. The van der Waals surface area contributed by atoms with Crippen molar-refractivity contribution < 1.29 is 0 Å². The standard InChI is InChI=1S/C17H27N/c1-3-14-18-15(2)17(12-8-5-9-13-17)16-10-6-4-7-11-16/h4,6-7,10-11,15,18H,3,5,8-9,12-14H2,1-2H3. The van der Waals surface area contributed by atoms with Crippen LogP contribution >= 0.6 is 0 Å². The SMILES string of the molecule is CCCNC(C)C1(c2ccccc2)CCCCC1. The fraction of sp³-hybridized carbons (Fsp3) is 0.647. The van der Waals surface area contributed by atoms with E-state index in [1.54, 1.807) is 5.56 Å². The third-order valence-electron chi connectivity index (χ3n) is 4.62. The van der Waals surface area contributed by atoms with Crippen LogP contribution in [0.2, 0.25) is 0 Å².